The van der Waals surface area contributed by atoms with Gasteiger partial charge >= 0.3 is 0 Å². The van der Waals surface area contributed by atoms with Gasteiger partial charge < -0.3 is 10.2 Å². The highest BCUT2D eigenvalue weighted by Crippen LogP contribution is 2.25. The van der Waals surface area contributed by atoms with Gasteiger partial charge in [0.25, 0.3) is 5.91 Å². The summed E-state index contributed by atoms with van der Waals surface area (Å²) in [6.45, 7) is 9.94. The van der Waals surface area contributed by atoms with Gasteiger partial charge in [-0.1, -0.05) is 24.3 Å². The molecule has 6 nitrogen and oxygen atoms in total. The number of hydrogen-bond donors (Lipinski definition) is 1. The molecule has 1 aromatic carbocycles. The van der Waals surface area contributed by atoms with Gasteiger partial charge in [-0.05, 0) is 57.9 Å². The maximum Gasteiger partial charge on any atom is 0.274 e. The number of benzene rings is 1. The van der Waals surface area contributed by atoms with Gasteiger partial charge in [-0.15, -0.1) is 5.10 Å². The van der Waals surface area contributed by atoms with Crippen LogP contribution < -0.4 is 5.32 Å². The molecular weight excluding hydrogens is 314 g/mol. The smallest absolute Gasteiger partial charge is 0.274 e. The average molecular weight is 341 g/mol. The second-order valence-electron chi connectivity index (χ2n) is 7.53. The Morgan fingerprint density at radius 2 is 2.12 bits per heavy atom. The molecule has 1 aromatic heterocycles. The summed E-state index contributed by atoms with van der Waals surface area (Å²) < 4.78 is 1.80. The predicted octanol–water partition coefficient (Wildman–Crippen LogP) is 2.48. The van der Waals surface area contributed by atoms with Gasteiger partial charge in [0.1, 0.15) is 0 Å². The van der Waals surface area contributed by atoms with Gasteiger partial charge in [0.15, 0.2) is 5.69 Å². The van der Waals surface area contributed by atoms with Crippen molar-refractivity contribution in [2.75, 3.05) is 13.6 Å². The maximum absolute atomic E-state index is 12.6. The van der Waals surface area contributed by atoms with Crippen molar-refractivity contribution in [3.8, 4) is 5.69 Å². The fraction of sp³-hybridized carbons (Fsp3) is 0.526. The molecule has 0 saturated carbocycles. The van der Waals surface area contributed by atoms with Crippen LogP contribution >= 0.6 is 0 Å². The summed E-state index contributed by atoms with van der Waals surface area (Å²) in [5, 5.41) is 11.5. The number of rotatable bonds is 4. The molecule has 0 aliphatic carbocycles. The third-order valence-corrected chi connectivity index (χ3v) is 5.11. The van der Waals surface area contributed by atoms with Crippen molar-refractivity contribution in [2.45, 2.75) is 52.6 Å². The summed E-state index contributed by atoms with van der Waals surface area (Å²) in [5.41, 5.74) is 4.56. The Hall–Kier alpha value is -2.21. The van der Waals surface area contributed by atoms with Crippen molar-refractivity contribution in [3.05, 3.63) is 40.7 Å². The van der Waals surface area contributed by atoms with Crippen LogP contribution in [0.5, 0.6) is 0 Å². The molecule has 6 heteroatoms. The molecule has 1 aliphatic heterocycles. The highest BCUT2D eigenvalue weighted by atomic mass is 16.2. The fourth-order valence-corrected chi connectivity index (χ4v) is 3.15. The van der Waals surface area contributed by atoms with Crippen molar-refractivity contribution < 1.29 is 4.79 Å². The molecule has 0 spiro atoms. The lowest BCUT2D eigenvalue weighted by atomic mass is 9.98. The van der Waals surface area contributed by atoms with Gasteiger partial charge in [0, 0.05) is 18.6 Å². The Bertz CT molecular complexity index is 793. The van der Waals surface area contributed by atoms with Crippen molar-refractivity contribution >= 4 is 5.91 Å². The summed E-state index contributed by atoms with van der Waals surface area (Å²) in [6, 6.07) is 6.27. The Morgan fingerprint density at radius 1 is 1.36 bits per heavy atom. The summed E-state index contributed by atoms with van der Waals surface area (Å²) in [5.74, 6) is -0.167. The van der Waals surface area contributed by atoms with Crippen molar-refractivity contribution in [3.63, 3.8) is 0 Å². The van der Waals surface area contributed by atoms with Gasteiger partial charge in [-0.3, -0.25) is 4.79 Å². The molecule has 3 rings (SSSR count). The van der Waals surface area contributed by atoms with E-state index in [9.17, 15) is 4.79 Å². The highest BCUT2D eigenvalue weighted by molar-refractivity contribution is 5.93. The first kappa shape index (κ1) is 17.6. The zero-order valence-electron chi connectivity index (χ0n) is 15.8. The van der Waals surface area contributed by atoms with Crippen LogP contribution in [0, 0.1) is 6.92 Å². The third kappa shape index (κ3) is 3.44. The molecule has 0 atom stereocenters. The predicted molar refractivity (Wildman–Crippen MR) is 98.0 cm³/mol. The van der Waals surface area contributed by atoms with Crippen LogP contribution in [0.15, 0.2) is 18.2 Å². The Balaban J connectivity index is 1.95. The quantitative estimate of drug-likeness (QED) is 0.928. The fourth-order valence-electron chi connectivity index (χ4n) is 3.15. The van der Waals surface area contributed by atoms with Gasteiger partial charge in [0.2, 0.25) is 0 Å². The number of carbonyl (C=O) groups excluding carboxylic acids is 1. The lowest BCUT2D eigenvalue weighted by molar-refractivity contribution is 0.0905. The highest BCUT2D eigenvalue weighted by Gasteiger charge is 2.25. The molecule has 0 fully saturated rings. The first-order chi connectivity index (χ1) is 11.8. The van der Waals surface area contributed by atoms with E-state index >= 15 is 0 Å². The lowest BCUT2D eigenvalue weighted by Gasteiger charge is -2.26. The van der Waals surface area contributed by atoms with Crippen LogP contribution in [0.25, 0.3) is 5.69 Å². The standard InChI is InChI=1S/C19H27N5O/c1-6-19(3,4)20-18(25)17-13(2)24(22-21-17)16-9-7-8-14-12-23(5)11-10-15(14)16/h7-9H,6,10-12H2,1-5H3,(H,20,25). The van der Waals surface area contributed by atoms with Crippen LogP contribution in [0.4, 0.5) is 0 Å². The molecule has 0 radical (unpaired) electrons. The van der Waals surface area contributed by atoms with E-state index in [1.165, 1.54) is 11.1 Å². The van der Waals surface area contributed by atoms with Crippen LogP contribution in [0.3, 0.4) is 0 Å². The van der Waals surface area contributed by atoms with Crippen molar-refractivity contribution in [1.82, 2.24) is 25.2 Å². The molecule has 1 N–H and O–H groups in total. The summed E-state index contributed by atoms with van der Waals surface area (Å²) in [4.78, 5) is 14.9. The normalized spacial score (nSPS) is 15.1. The summed E-state index contributed by atoms with van der Waals surface area (Å²) >= 11 is 0. The first-order valence-corrected chi connectivity index (χ1v) is 8.87. The molecule has 25 heavy (non-hydrogen) atoms. The molecule has 134 valence electrons. The zero-order valence-corrected chi connectivity index (χ0v) is 15.8. The second kappa shape index (κ2) is 6.59. The zero-order chi connectivity index (χ0) is 18.2. The number of fused-ring (bicyclic) bond motifs is 1. The molecule has 0 unspecified atom stereocenters. The molecule has 1 amide bonds. The Labute approximate surface area is 149 Å². The van der Waals surface area contributed by atoms with E-state index in [2.05, 4.69) is 46.6 Å². The monoisotopic (exact) mass is 341 g/mol. The van der Waals surface area contributed by atoms with Gasteiger partial charge in [0.05, 0.1) is 11.4 Å². The largest absolute Gasteiger partial charge is 0.346 e. The first-order valence-electron chi connectivity index (χ1n) is 8.87. The van der Waals surface area contributed by atoms with Crippen LogP contribution in [-0.4, -0.2) is 44.9 Å². The third-order valence-electron chi connectivity index (χ3n) is 5.11. The number of aromatic nitrogens is 3. The lowest BCUT2D eigenvalue weighted by Crippen LogP contribution is -2.43. The molecule has 0 bridgehead atoms. The number of hydrogen-bond acceptors (Lipinski definition) is 4. The van der Waals surface area contributed by atoms with Gasteiger partial charge in [-0.2, -0.15) is 0 Å². The molecule has 0 saturated heterocycles. The van der Waals surface area contributed by atoms with E-state index in [-0.39, 0.29) is 11.4 Å². The Morgan fingerprint density at radius 3 is 2.84 bits per heavy atom. The number of nitrogens with one attached hydrogen (secondary N) is 1. The average Bonchev–Trinajstić information content (AvgIpc) is 2.95. The minimum absolute atomic E-state index is 0.167. The molecule has 1 aliphatic rings. The van der Waals surface area contributed by atoms with E-state index in [1.54, 1.807) is 4.68 Å². The SMILES string of the molecule is CCC(C)(C)NC(=O)c1nnn(-c2cccc3c2CCN(C)C3)c1C. The molecule has 2 heterocycles. The number of amides is 1. The van der Waals surface area contributed by atoms with E-state index in [1.807, 2.05) is 26.8 Å². The van der Waals surface area contributed by atoms with Crippen LogP contribution in [0.1, 0.15) is 54.5 Å². The van der Waals surface area contributed by atoms with E-state index in [0.29, 0.717) is 5.69 Å². The van der Waals surface area contributed by atoms with Gasteiger partial charge in [-0.25, -0.2) is 4.68 Å². The Kier molecular flexibility index (Phi) is 4.64. The number of likely N-dealkylation sites (N-methyl/N-ethyl adjacent to an activating group) is 1. The summed E-state index contributed by atoms with van der Waals surface area (Å²) in [6.07, 6.45) is 1.83. The number of carbonyl (C=O) groups is 1. The van der Waals surface area contributed by atoms with E-state index in [0.717, 1.165) is 37.3 Å². The van der Waals surface area contributed by atoms with Crippen LogP contribution in [0.2, 0.25) is 0 Å². The van der Waals surface area contributed by atoms with Crippen molar-refractivity contribution in [2.24, 2.45) is 0 Å². The van der Waals surface area contributed by atoms with Crippen LogP contribution in [-0.2, 0) is 13.0 Å². The topological polar surface area (TPSA) is 63.1 Å². The second-order valence-corrected chi connectivity index (χ2v) is 7.53. The molecular formula is C19H27N5O. The summed E-state index contributed by atoms with van der Waals surface area (Å²) in [7, 11) is 2.13. The van der Waals surface area contributed by atoms with E-state index in [4.69, 9.17) is 0 Å². The minimum Gasteiger partial charge on any atom is -0.346 e. The maximum atomic E-state index is 12.6. The number of nitrogens with zero attached hydrogens (tertiary/aromatic N) is 4. The van der Waals surface area contributed by atoms with Crippen molar-refractivity contribution in [1.29, 1.82) is 0 Å². The minimum atomic E-state index is -0.260. The van der Waals surface area contributed by atoms with E-state index < -0.39 is 0 Å². The molecule has 2 aromatic rings.